The quantitative estimate of drug-likeness (QED) is 0.695. The number of nitrogens with one attached hydrogen (secondary N) is 1. The van der Waals surface area contributed by atoms with Crippen LogP contribution >= 0.6 is 0 Å². The first kappa shape index (κ1) is 10.9. The molecule has 0 atom stereocenters. The van der Waals surface area contributed by atoms with Gasteiger partial charge in [0.25, 0.3) is 0 Å². The minimum atomic E-state index is -0.174. The van der Waals surface area contributed by atoms with Gasteiger partial charge in [0.1, 0.15) is 0 Å². The Bertz CT molecular complexity index is 228. The van der Waals surface area contributed by atoms with Gasteiger partial charge in [-0.15, -0.1) is 0 Å². The summed E-state index contributed by atoms with van der Waals surface area (Å²) in [7, 11) is 0. The molecule has 2 aliphatic carbocycles. The monoisotopic (exact) mass is 210 g/mol. The van der Waals surface area contributed by atoms with E-state index in [4.69, 9.17) is 5.73 Å². The second-order valence-corrected chi connectivity index (χ2v) is 5.15. The summed E-state index contributed by atoms with van der Waals surface area (Å²) in [6.45, 7) is 0.519. The molecule has 2 fully saturated rings. The highest BCUT2D eigenvalue weighted by molar-refractivity contribution is 5.85. The van der Waals surface area contributed by atoms with Crippen LogP contribution in [0, 0.1) is 5.41 Å². The fourth-order valence-electron chi connectivity index (χ4n) is 2.44. The summed E-state index contributed by atoms with van der Waals surface area (Å²) in [5, 5.41) is 3.19. The van der Waals surface area contributed by atoms with Gasteiger partial charge in [0.15, 0.2) is 0 Å². The molecule has 0 unspecified atom stereocenters. The molecule has 86 valence electrons. The second kappa shape index (κ2) is 4.52. The van der Waals surface area contributed by atoms with E-state index in [1.165, 1.54) is 25.7 Å². The predicted octanol–water partition coefficient (Wildman–Crippen LogP) is 1.56. The summed E-state index contributed by atoms with van der Waals surface area (Å²) in [6, 6.07) is 0.420. The van der Waals surface area contributed by atoms with Gasteiger partial charge in [0, 0.05) is 12.6 Å². The molecule has 0 aliphatic heterocycles. The highest BCUT2D eigenvalue weighted by Crippen LogP contribution is 2.44. The van der Waals surface area contributed by atoms with E-state index in [-0.39, 0.29) is 11.3 Å². The summed E-state index contributed by atoms with van der Waals surface area (Å²) >= 11 is 0. The lowest BCUT2D eigenvalue weighted by molar-refractivity contribution is -0.126. The Labute approximate surface area is 91.8 Å². The van der Waals surface area contributed by atoms with Crippen LogP contribution in [0.15, 0.2) is 0 Å². The molecule has 3 N–H and O–H groups in total. The molecule has 3 heteroatoms. The van der Waals surface area contributed by atoms with Crippen LogP contribution in [-0.4, -0.2) is 18.5 Å². The normalized spacial score (nSPS) is 25.7. The third-order valence-electron chi connectivity index (χ3n) is 3.92. The van der Waals surface area contributed by atoms with Crippen molar-refractivity contribution in [2.75, 3.05) is 6.54 Å². The average molecular weight is 210 g/mol. The molecule has 0 heterocycles. The second-order valence-electron chi connectivity index (χ2n) is 5.15. The number of rotatable bonds is 3. The van der Waals surface area contributed by atoms with Crippen molar-refractivity contribution in [3.05, 3.63) is 0 Å². The van der Waals surface area contributed by atoms with Crippen molar-refractivity contribution in [2.45, 2.75) is 57.4 Å². The molecular weight excluding hydrogens is 188 g/mol. The predicted molar refractivity (Wildman–Crippen MR) is 60.4 cm³/mol. The fraction of sp³-hybridized carbons (Fsp3) is 0.917. The van der Waals surface area contributed by atoms with Gasteiger partial charge < -0.3 is 11.1 Å². The van der Waals surface area contributed by atoms with Crippen LogP contribution in [-0.2, 0) is 4.79 Å². The highest BCUT2D eigenvalue weighted by atomic mass is 16.2. The van der Waals surface area contributed by atoms with Crippen LogP contribution in [0.3, 0.4) is 0 Å². The fourth-order valence-corrected chi connectivity index (χ4v) is 2.44. The van der Waals surface area contributed by atoms with Crippen molar-refractivity contribution in [2.24, 2.45) is 11.1 Å². The lowest BCUT2D eigenvalue weighted by atomic mass is 10.0. The standard InChI is InChI=1S/C12H22N2O/c13-9-12(7-8-12)11(15)14-10-5-3-1-2-4-6-10/h10H,1-9,13H2,(H,14,15). The van der Waals surface area contributed by atoms with E-state index >= 15 is 0 Å². The van der Waals surface area contributed by atoms with Gasteiger partial charge in [-0.25, -0.2) is 0 Å². The van der Waals surface area contributed by atoms with Crippen LogP contribution in [0.4, 0.5) is 0 Å². The molecule has 2 aliphatic rings. The number of carbonyl (C=O) groups excluding carboxylic acids is 1. The van der Waals surface area contributed by atoms with Crippen LogP contribution in [0.25, 0.3) is 0 Å². The van der Waals surface area contributed by atoms with E-state index in [1.54, 1.807) is 0 Å². The van der Waals surface area contributed by atoms with E-state index in [2.05, 4.69) is 5.32 Å². The Morgan fingerprint density at radius 2 is 1.80 bits per heavy atom. The molecule has 0 spiro atoms. The van der Waals surface area contributed by atoms with Gasteiger partial charge in [0.2, 0.25) is 5.91 Å². The van der Waals surface area contributed by atoms with E-state index in [0.717, 1.165) is 25.7 Å². The molecule has 0 bridgehead atoms. The molecule has 0 aromatic carbocycles. The van der Waals surface area contributed by atoms with E-state index < -0.39 is 0 Å². The minimum absolute atomic E-state index is 0.174. The van der Waals surface area contributed by atoms with Crippen LogP contribution in [0.5, 0.6) is 0 Å². The first-order valence-corrected chi connectivity index (χ1v) is 6.28. The number of hydrogen-bond donors (Lipinski definition) is 2. The van der Waals surface area contributed by atoms with Gasteiger partial charge in [-0.05, 0) is 25.7 Å². The Balaban J connectivity index is 1.82. The summed E-state index contributed by atoms with van der Waals surface area (Å²) in [4.78, 5) is 11.9. The first-order valence-electron chi connectivity index (χ1n) is 6.28. The molecule has 15 heavy (non-hydrogen) atoms. The molecule has 0 saturated heterocycles. The van der Waals surface area contributed by atoms with E-state index in [1.807, 2.05) is 0 Å². The Morgan fingerprint density at radius 3 is 2.27 bits per heavy atom. The highest BCUT2D eigenvalue weighted by Gasteiger charge is 2.48. The Kier molecular flexibility index (Phi) is 3.29. The van der Waals surface area contributed by atoms with Crippen LogP contribution in [0.1, 0.15) is 51.4 Å². The topological polar surface area (TPSA) is 55.1 Å². The van der Waals surface area contributed by atoms with Crippen molar-refractivity contribution in [3.8, 4) is 0 Å². The minimum Gasteiger partial charge on any atom is -0.353 e. The summed E-state index contributed by atoms with van der Waals surface area (Å²) < 4.78 is 0. The van der Waals surface area contributed by atoms with E-state index in [0.29, 0.717) is 12.6 Å². The summed E-state index contributed by atoms with van der Waals surface area (Å²) in [5.41, 5.74) is 5.47. The Hall–Kier alpha value is -0.570. The van der Waals surface area contributed by atoms with Crippen molar-refractivity contribution in [3.63, 3.8) is 0 Å². The maximum absolute atomic E-state index is 11.9. The Morgan fingerprint density at radius 1 is 1.20 bits per heavy atom. The van der Waals surface area contributed by atoms with Gasteiger partial charge >= 0.3 is 0 Å². The lowest BCUT2D eigenvalue weighted by Gasteiger charge is -2.20. The summed E-state index contributed by atoms with van der Waals surface area (Å²) in [6.07, 6.45) is 9.48. The third-order valence-corrected chi connectivity index (χ3v) is 3.92. The molecule has 2 saturated carbocycles. The number of hydrogen-bond acceptors (Lipinski definition) is 2. The lowest BCUT2D eigenvalue weighted by Crippen LogP contribution is -2.42. The largest absolute Gasteiger partial charge is 0.353 e. The van der Waals surface area contributed by atoms with Crippen molar-refractivity contribution < 1.29 is 4.79 Å². The SMILES string of the molecule is NCC1(C(=O)NC2CCCCCC2)CC1. The molecule has 0 radical (unpaired) electrons. The van der Waals surface area contributed by atoms with Gasteiger partial charge in [-0.1, -0.05) is 25.7 Å². The number of nitrogens with two attached hydrogens (primary N) is 1. The zero-order valence-corrected chi connectivity index (χ0v) is 9.43. The van der Waals surface area contributed by atoms with Crippen molar-refractivity contribution in [1.29, 1.82) is 0 Å². The molecule has 3 nitrogen and oxygen atoms in total. The average Bonchev–Trinajstić information content (AvgIpc) is 3.03. The van der Waals surface area contributed by atoms with Crippen molar-refractivity contribution >= 4 is 5.91 Å². The van der Waals surface area contributed by atoms with Crippen LogP contribution < -0.4 is 11.1 Å². The third kappa shape index (κ3) is 2.51. The molecule has 1 amide bonds. The van der Waals surface area contributed by atoms with Crippen LogP contribution in [0.2, 0.25) is 0 Å². The zero-order chi connectivity index (χ0) is 10.7. The number of amides is 1. The van der Waals surface area contributed by atoms with E-state index in [9.17, 15) is 4.79 Å². The molecule has 2 rings (SSSR count). The number of carbonyl (C=O) groups is 1. The van der Waals surface area contributed by atoms with Crippen molar-refractivity contribution in [1.82, 2.24) is 5.32 Å². The summed E-state index contributed by atoms with van der Waals surface area (Å²) in [5.74, 6) is 0.219. The molecular formula is C12H22N2O. The van der Waals surface area contributed by atoms with Gasteiger partial charge in [-0.3, -0.25) is 4.79 Å². The zero-order valence-electron chi connectivity index (χ0n) is 9.43. The van der Waals surface area contributed by atoms with Gasteiger partial charge in [-0.2, -0.15) is 0 Å². The maximum atomic E-state index is 11.9. The maximum Gasteiger partial charge on any atom is 0.227 e. The van der Waals surface area contributed by atoms with Gasteiger partial charge in [0.05, 0.1) is 5.41 Å². The smallest absolute Gasteiger partial charge is 0.227 e. The first-order chi connectivity index (χ1) is 7.27. The molecule has 0 aromatic rings. The molecule has 0 aromatic heterocycles.